The van der Waals surface area contributed by atoms with Gasteiger partial charge in [-0.3, -0.25) is 10.1 Å². The van der Waals surface area contributed by atoms with Gasteiger partial charge < -0.3 is 10.1 Å². The maximum Gasteiger partial charge on any atom is 0.352 e. The fourth-order valence-electron chi connectivity index (χ4n) is 1.94. The first kappa shape index (κ1) is 11.1. The van der Waals surface area contributed by atoms with Crippen LogP contribution in [0.3, 0.4) is 0 Å². The van der Waals surface area contributed by atoms with Crippen molar-refractivity contribution in [3.05, 3.63) is 39.1 Å². The first-order valence-corrected chi connectivity index (χ1v) is 4.93. The zero-order valence-corrected chi connectivity index (χ0v) is 9.27. The Labute approximate surface area is 96.0 Å². The highest BCUT2D eigenvalue weighted by Crippen LogP contribution is 2.30. The lowest BCUT2D eigenvalue weighted by Crippen LogP contribution is -1.98. The van der Waals surface area contributed by atoms with E-state index in [2.05, 4.69) is 4.98 Å². The Hall–Kier alpha value is -2.37. The Morgan fingerprint density at radius 3 is 2.53 bits per heavy atom. The molecule has 2 rings (SSSR count). The minimum absolute atomic E-state index is 0.0179. The number of rotatable bonds is 2. The highest BCUT2D eigenvalue weighted by atomic mass is 16.6. The molecule has 0 aliphatic rings. The molecule has 0 spiro atoms. The fourth-order valence-corrected chi connectivity index (χ4v) is 1.94. The van der Waals surface area contributed by atoms with Crippen molar-refractivity contribution in [3.8, 4) is 0 Å². The van der Waals surface area contributed by atoms with Crippen molar-refractivity contribution >= 4 is 22.6 Å². The van der Waals surface area contributed by atoms with Crippen LogP contribution in [0.25, 0.3) is 10.9 Å². The molecule has 6 heteroatoms. The van der Waals surface area contributed by atoms with Crippen molar-refractivity contribution in [2.75, 3.05) is 0 Å². The molecule has 0 radical (unpaired) electrons. The third-order valence-corrected chi connectivity index (χ3v) is 2.88. The number of H-pyrrole nitrogens is 1. The van der Waals surface area contributed by atoms with Gasteiger partial charge in [-0.2, -0.15) is 0 Å². The molecule has 1 heterocycles. The fraction of sp³-hybridized carbons (Fsp3) is 0.182. The Kier molecular flexibility index (Phi) is 2.35. The number of nitro groups is 1. The van der Waals surface area contributed by atoms with Crippen LogP contribution in [0.15, 0.2) is 12.1 Å². The Morgan fingerprint density at radius 2 is 2.00 bits per heavy atom. The molecule has 1 aromatic heterocycles. The Bertz CT molecular complexity index is 642. The third-order valence-electron chi connectivity index (χ3n) is 2.88. The number of carboxylic acids is 1. The zero-order chi connectivity index (χ0) is 12.7. The lowest BCUT2D eigenvalue weighted by Gasteiger charge is -1.98. The molecule has 6 nitrogen and oxygen atoms in total. The summed E-state index contributed by atoms with van der Waals surface area (Å²) in [5, 5.41) is 20.4. The summed E-state index contributed by atoms with van der Waals surface area (Å²) < 4.78 is 0. The highest BCUT2D eigenvalue weighted by molar-refractivity contribution is 5.99. The normalized spacial score (nSPS) is 10.7. The minimum Gasteiger partial charge on any atom is -0.477 e. The van der Waals surface area contributed by atoms with Crippen LogP contribution in [-0.4, -0.2) is 21.0 Å². The second-order valence-electron chi connectivity index (χ2n) is 3.82. The number of hydrogen-bond donors (Lipinski definition) is 2. The average molecular weight is 234 g/mol. The van der Waals surface area contributed by atoms with Crippen LogP contribution in [0.1, 0.15) is 21.6 Å². The van der Waals surface area contributed by atoms with Crippen molar-refractivity contribution in [1.82, 2.24) is 4.98 Å². The van der Waals surface area contributed by atoms with Gasteiger partial charge >= 0.3 is 5.97 Å². The summed E-state index contributed by atoms with van der Waals surface area (Å²) in [7, 11) is 0. The van der Waals surface area contributed by atoms with Gasteiger partial charge in [0, 0.05) is 11.5 Å². The molecule has 0 bridgehead atoms. The molecule has 1 aromatic carbocycles. The lowest BCUT2D eigenvalue weighted by molar-refractivity contribution is -0.385. The monoisotopic (exact) mass is 234 g/mol. The third kappa shape index (κ3) is 1.54. The second-order valence-corrected chi connectivity index (χ2v) is 3.82. The van der Waals surface area contributed by atoms with Gasteiger partial charge in [-0.1, -0.05) is 0 Å². The van der Waals surface area contributed by atoms with Gasteiger partial charge in [-0.05, 0) is 25.5 Å². The van der Waals surface area contributed by atoms with Crippen LogP contribution in [0.2, 0.25) is 0 Å². The quantitative estimate of drug-likeness (QED) is 0.615. The van der Waals surface area contributed by atoms with Crippen LogP contribution in [0.4, 0.5) is 5.69 Å². The van der Waals surface area contributed by atoms with E-state index in [1.165, 1.54) is 6.07 Å². The second kappa shape index (κ2) is 3.58. The molecule has 0 atom stereocenters. The van der Waals surface area contributed by atoms with Gasteiger partial charge in [-0.25, -0.2) is 4.79 Å². The number of aromatic carboxylic acids is 1. The lowest BCUT2D eigenvalue weighted by atomic mass is 10.1. The molecule has 17 heavy (non-hydrogen) atoms. The standard InChI is InChI=1S/C11H10N2O4/c1-5-7-3-4-8(13(16)17)6(2)9(7)12-10(5)11(14)15/h3-4,12H,1-2H3,(H,14,15). The first-order valence-electron chi connectivity index (χ1n) is 4.93. The zero-order valence-electron chi connectivity index (χ0n) is 9.27. The number of aryl methyl sites for hydroxylation is 2. The van der Waals surface area contributed by atoms with Gasteiger partial charge in [0.15, 0.2) is 0 Å². The number of fused-ring (bicyclic) bond motifs is 1. The van der Waals surface area contributed by atoms with E-state index in [9.17, 15) is 14.9 Å². The van der Waals surface area contributed by atoms with Crippen LogP contribution in [0, 0.1) is 24.0 Å². The van der Waals surface area contributed by atoms with Crippen LogP contribution in [-0.2, 0) is 0 Å². The van der Waals surface area contributed by atoms with Gasteiger partial charge in [-0.15, -0.1) is 0 Å². The molecule has 0 unspecified atom stereocenters. The number of hydrogen-bond acceptors (Lipinski definition) is 3. The van der Waals surface area contributed by atoms with Gasteiger partial charge in [0.05, 0.1) is 16.0 Å². The van der Waals surface area contributed by atoms with E-state index >= 15 is 0 Å². The number of benzene rings is 1. The summed E-state index contributed by atoms with van der Waals surface area (Å²) in [6.07, 6.45) is 0. The van der Waals surface area contributed by atoms with Crippen molar-refractivity contribution in [3.63, 3.8) is 0 Å². The van der Waals surface area contributed by atoms with Crippen molar-refractivity contribution < 1.29 is 14.8 Å². The van der Waals surface area contributed by atoms with E-state index in [4.69, 9.17) is 5.11 Å². The molecule has 2 N–H and O–H groups in total. The summed E-state index contributed by atoms with van der Waals surface area (Å²) in [5.74, 6) is -1.07. The van der Waals surface area contributed by atoms with E-state index in [0.29, 0.717) is 22.0 Å². The number of nitrogens with one attached hydrogen (secondary N) is 1. The van der Waals surface area contributed by atoms with Gasteiger partial charge in [0.2, 0.25) is 0 Å². The average Bonchev–Trinajstić information content (AvgIpc) is 2.57. The maximum absolute atomic E-state index is 11.0. The van der Waals surface area contributed by atoms with Gasteiger partial charge in [0.25, 0.3) is 5.69 Å². The van der Waals surface area contributed by atoms with Crippen LogP contribution < -0.4 is 0 Å². The summed E-state index contributed by atoms with van der Waals surface area (Å²) >= 11 is 0. The molecule has 0 fully saturated rings. The SMILES string of the molecule is Cc1c(C(=O)O)[nH]c2c(C)c([N+](=O)[O-])ccc12. The number of aromatic amines is 1. The van der Waals surface area contributed by atoms with E-state index < -0.39 is 10.9 Å². The topological polar surface area (TPSA) is 96.2 Å². The molecular weight excluding hydrogens is 224 g/mol. The Morgan fingerprint density at radius 1 is 1.35 bits per heavy atom. The molecule has 0 saturated heterocycles. The Balaban J connectivity index is 2.84. The molecular formula is C11H10N2O4. The van der Waals surface area contributed by atoms with E-state index in [1.807, 2.05) is 0 Å². The summed E-state index contributed by atoms with van der Waals surface area (Å²) in [6.45, 7) is 3.27. The number of carboxylic acid groups (broad SMARTS) is 1. The number of nitrogens with zero attached hydrogens (tertiary/aromatic N) is 1. The highest BCUT2D eigenvalue weighted by Gasteiger charge is 2.19. The summed E-state index contributed by atoms with van der Waals surface area (Å²) in [6, 6.07) is 2.96. The smallest absolute Gasteiger partial charge is 0.352 e. The van der Waals surface area contributed by atoms with Crippen molar-refractivity contribution in [2.24, 2.45) is 0 Å². The number of aromatic nitrogens is 1. The molecule has 88 valence electrons. The summed E-state index contributed by atoms with van der Waals surface area (Å²) in [5.41, 5.74) is 1.60. The van der Waals surface area contributed by atoms with E-state index in [0.717, 1.165) is 0 Å². The number of nitro benzene ring substituents is 1. The number of carbonyl (C=O) groups is 1. The first-order chi connectivity index (χ1) is 7.93. The molecule has 0 aliphatic carbocycles. The van der Waals surface area contributed by atoms with Crippen LogP contribution >= 0.6 is 0 Å². The summed E-state index contributed by atoms with van der Waals surface area (Å²) in [4.78, 5) is 24.0. The largest absolute Gasteiger partial charge is 0.477 e. The predicted molar refractivity (Wildman–Crippen MR) is 61.4 cm³/mol. The molecule has 0 amide bonds. The van der Waals surface area contributed by atoms with E-state index in [1.54, 1.807) is 19.9 Å². The molecule has 0 saturated carbocycles. The van der Waals surface area contributed by atoms with Crippen molar-refractivity contribution in [1.29, 1.82) is 0 Å². The maximum atomic E-state index is 11.0. The molecule has 0 aliphatic heterocycles. The van der Waals surface area contributed by atoms with E-state index in [-0.39, 0.29) is 11.4 Å². The van der Waals surface area contributed by atoms with Crippen LogP contribution in [0.5, 0.6) is 0 Å². The van der Waals surface area contributed by atoms with Gasteiger partial charge in [0.1, 0.15) is 5.69 Å². The van der Waals surface area contributed by atoms with Crippen molar-refractivity contribution in [2.45, 2.75) is 13.8 Å². The molecule has 2 aromatic rings. The predicted octanol–water partition coefficient (Wildman–Crippen LogP) is 2.39. The minimum atomic E-state index is -1.07.